The zero-order chi connectivity index (χ0) is 22.1. The maximum atomic E-state index is 13.7. The van der Waals surface area contributed by atoms with Crippen LogP contribution in [-0.4, -0.2) is 44.0 Å². The number of rotatable bonds is 9. The van der Waals surface area contributed by atoms with Crippen LogP contribution in [0.4, 0.5) is 4.79 Å². The Bertz CT molecular complexity index is 723. The highest BCUT2D eigenvalue weighted by atomic mass is 28.4. The molecular formula is C24H37NO4Si. The second kappa shape index (κ2) is 9.23. The van der Waals surface area contributed by atoms with Gasteiger partial charge in [-0.25, -0.2) is 9.69 Å². The lowest BCUT2D eigenvalue weighted by Gasteiger charge is -2.44. The topological polar surface area (TPSA) is 55.8 Å². The van der Waals surface area contributed by atoms with Gasteiger partial charge in [0.25, 0.3) is 5.91 Å². The van der Waals surface area contributed by atoms with E-state index in [-0.39, 0.29) is 24.5 Å². The summed E-state index contributed by atoms with van der Waals surface area (Å²) in [6, 6.07) is 9.69. The van der Waals surface area contributed by atoms with Crippen LogP contribution in [-0.2, 0) is 20.4 Å². The first-order valence-electron chi connectivity index (χ1n) is 11.4. The molecule has 1 aromatic rings. The zero-order valence-electron chi connectivity index (χ0n) is 19.3. The van der Waals surface area contributed by atoms with Crippen molar-refractivity contribution in [2.24, 2.45) is 5.92 Å². The third-order valence-corrected chi connectivity index (χ3v) is 12.9. The Kier molecular flexibility index (Phi) is 7.08. The van der Waals surface area contributed by atoms with Crippen LogP contribution in [0.25, 0.3) is 0 Å². The minimum absolute atomic E-state index is 0.195. The van der Waals surface area contributed by atoms with Crippen molar-refractivity contribution in [3.63, 3.8) is 0 Å². The normalized spacial score (nSPS) is 20.9. The van der Waals surface area contributed by atoms with Gasteiger partial charge in [0.1, 0.15) is 12.7 Å². The molecule has 1 saturated carbocycles. The van der Waals surface area contributed by atoms with E-state index < -0.39 is 20.5 Å². The van der Waals surface area contributed by atoms with Gasteiger partial charge in [-0.15, -0.1) is 0 Å². The van der Waals surface area contributed by atoms with Gasteiger partial charge in [0.2, 0.25) is 8.32 Å². The smallest absolute Gasteiger partial charge is 0.417 e. The van der Waals surface area contributed by atoms with Crippen molar-refractivity contribution >= 4 is 20.3 Å². The molecule has 0 spiro atoms. The number of nitrogens with zero attached hydrogens (tertiary/aromatic N) is 1. The summed E-state index contributed by atoms with van der Waals surface area (Å²) in [5, 5.41) is 0. The Balaban J connectivity index is 1.86. The molecule has 2 amide bonds. The van der Waals surface area contributed by atoms with E-state index in [4.69, 9.17) is 9.16 Å². The van der Waals surface area contributed by atoms with Crippen LogP contribution in [0.3, 0.4) is 0 Å². The van der Waals surface area contributed by atoms with E-state index in [0.717, 1.165) is 18.4 Å². The summed E-state index contributed by atoms with van der Waals surface area (Å²) in [7, 11) is -2.24. The molecule has 0 aromatic heterocycles. The maximum absolute atomic E-state index is 13.7. The van der Waals surface area contributed by atoms with Gasteiger partial charge in [-0.3, -0.25) is 4.79 Å². The lowest BCUT2D eigenvalue weighted by molar-refractivity contribution is -0.138. The van der Waals surface area contributed by atoms with Crippen molar-refractivity contribution in [3.8, 4) is 0 Å². The fourth-order valence-corrected chi connectivity index (χ4v) is 10.8. The van der Waals surface area contributed by atoms with Crippen molar-refractivity contribution in [1.29, 1.82) is 0 Å². The molecule has 2 aliphatic rings. The van der Waals surface area contributed by atoms with Crippen LogP contribution in [0.15, 0.2) is 30.3 Å². The zero-order valence-corrected chi connectivity index (χ0v) is 20.3. The summed E-state index contributed by atoms with van der Waals surface area (Å²) < 4.78 is 12.2. The number of ether oxygens (including phenoxy) is 1. The molecule has 5 nitrogen and oxygen atoms in total. The Morgan fingerprint density at radius 3 is 2.13 bits per heavy atom. The summed E-state index contributed by atoms with van der Waals surface area (Å²) in [6.45, 7) is 13.6. The maximum Gasteiger partial charge on any atom is 0.417 e. The molecule has 1 heterocycles. The van der Waals surface area contributed by atoms with Gasteiger partial charge < -0.3 is 9.16 Å². The molecule has 166 valence electrons. The van der Waals surface area contributed by atoms with E-state index in [1.807, 2.05) is 30.3 Å². The molecule has 2 unspecified atom stereocenters. The average molecular weight is 432 g/mol. The number of hydrogen-bond donors (Lipinski definition) is 0. The highest BCUT2D eigenvalue weighted by molar-refractivity contribution is 6.77. The third kappa shape index (κ3) is 4.49. The molecule has 0 N–H and O–H groups in total. The van der Waals surface area contributed by atoms with E-state index >= 15 is 0 Å². The number of cyclic esters (lactones) is 1. The average Bonchev–Trinajstić information content (AvgIpc) is 3.45. The first kappa shape index (κ1) is 23.0. The number of carbonyl (C=O) groups excluding carboxylic acids is 2. The molecule has 2 fully saturated rings. The summed E-state index contributed by atoms with van der Waals surface area (Å²) in [4.78, 5) is 27.6. The van der Waals surface area contributed by atoms with Crippen LogP contribution >= 0.6 is 0 Å². The van der Waals surface area contributed by atoms with Crippen molar-refractivity contribution in [2.75, 3.05) is 6.61 Å². The lowest BCUT2D eigenvalue weighted by atomic mass is 10.1. The molecule has 1 aliphatic carbocycles. The highest BCUT2D eigenvalue weighted by Gasteiger charge is 2.53. The van der Waals surface area contributed by atoms with Crippen LogP contribution in [0.2, 0.25) is 16.6 Å². The van der Waals surface area contributed by atoms with Crippen molar-refractivity contribution in [2.45, 2.75) is 89.6 Å². The fraction of sp³-hybridized carbons (Fsp3) is 0.667. The summed E-state index contributed by atoms with van der Waals surface area (Å²) in [5.74, 6) is 0.0196. The second-order valence-corrected chi connectivity index (χ2v) is 15.2. The van der Waals surface area contributed by atoms with E-state index in [2.05, 4.69) is 41.5 Å². The summed E-state index contributed by atoms with van der Waals surface area (Å²) >= 11 is 0. The second-order valence-electron chi connectivity index (χ2n) is 9.82. The SMILES string of the molecule is CC(C)[Si](OC(C(=O)N1C(=O)OCC1Cc1ccccc1)C1CC1)(C(C)C)C(C)C. The molecule has 0 bridgehead atoms. The van der Waals surface area contributed by atoms with Crippen LogP contribution in [0.5, 0.6) is 0 Å². The molecule has 0 radical (unpaired) electrons. The van der Waals surface area contributed by atoms with E-state index in [1.165, 1.54) is 4.90 Å². The monoisotopic (exact) mass is 431 g/mol. The molecule has 1 saturated heterocycles. The lowest BCUT2D eigenvalue weighted by Crippen LogP contribution is -2.55. The summed E-state index contributed by atoms with van der Waals surface area (Å²) in [5.41, 5.74) is 2.25. The third-order valence-electron chi connectivity index (χ3n) is 6.84. The van der Waals surface area contributed by atoms with Gasteiger partial charge in [-0.2, -0.15) is 0 Å². The number of benzene rings is 1. The van der Waals surface area contributed by atoms with Crippen LogP contribution in [0.1, 0.15) is 59.9 Å². The number of carbonyl (C=O) groups is 2. The van der Waals surface area contributed by atoms with Crippen molar-refractivity contribution in [1.82, 2.24) is 4.90 Å². The van der Waals surface area contributed by atoms with E-state index in [9.17, 15) is 9.59 Å². The molecule has 6 heteroatoms. The Morgan fingerprint density at radius 2 is 1.63 bits per heavy atom. The molecule has 2 atom stereocenters. The molecule has 30 heavy (non-hydrogen) atoms. The first-order chi connectivity index (χ1) is 14.2. The fourth-order valence-electron chi connectivity index (χ4n) is 5.28. The van der Waals surface area contributed by atoms with Crippen molar-refractivity contribution < 1.29 is 18.8 Å². The number of amides is 2. The van der Waals surface area contributed by atoms with Gasteiger partial charge in [0.15, 0.2) is 0 Å². The van der Waals surface area contributed by atoms with Gasteiger partial charge in [0, 0.05) is 0 Å². The molecule has 1 aromatic carbocycles. The van der Waals surface area contributed by atoms with Crippen molar-refractivity contribution in [3.05, 3.63) is 35.9 Å². The number of imide groups is 1. The van der Waals surface area contributed by atoms with Crippen LogP contribution < -0.4 is 0 Å². The standard InChI is InChI=1S/C24H37NO4Si/c1-16(2)30(17(3)4,18(5)6)29-22(20-12-13-20)23(26)25-21(15-28-24(25)27)14-19-10-8-7-9-11-19/h7-11,16-18,20-22H,12-15H2,1-6H3. The minimum atomic E-state index is -2.24. The van der Waals surface area contributed by atoms with Gasteiger partial charge in [-0.1, -0.05) is 71.9 Å². The summed E-state index contributed by atoms with van der Waals surface area (Å²) in [6.07, 6.45) is 1.52. The van der Waals surface area contributed by atoms with Gasteiger partial charge in [0.05, 0.1) is 6.04 Å². The molecule has 3 rings (SSSR count). The van der Waals surface area contributed by atoms with E-state index in [0.29, 0.717) is 23.0 Å². The van der Waals surface area contributed by atoms with Crippen LogP contribution in [0, 0.1) is 5.92 Å². The molecule has 1 aliphatic heterocycles. The Labute approximate surface area is 182 Å². The van der Waals surface area contributed by atoms with Gasteiger partial charge in [-0.05, 0) is 47.4 Å². The quantitative estimate of drug-likeness (QED) is 0.481. The minimum Gasteiger partial charge on any atom is -0.447 e. The van der Waals surface area contributed by atoms with E-state index in [1.54, 1.807) is 0 Å². The van der Waals surface area contributed by atoms with Gasteiger partial charge >= 0.3 is 6.09 Å². The largest absolute Gasteiger partial charge is 0.447 e. The molecular weight excluding hydrogens is 394 g/mol. The Morgan fingerprint density at radius 1 is 1.07 bits per heavy atom. The predicted molar refractivity (Wildman–Crippen MR) is 121 cm³/mol. The predicted octanol–water partition coefficient (Wildman–Crippen LogP) is 5.55. The highest BCUT2D eigenvalue weighted by Crippen LogP contribution is 2.46. The first-order valence-corrected chi connectivity index (χ1v) is 13.5. The Hall–Kier alpha value is -1.66. The number of hydrogen-bond acceptors (Lipinski definition) is 4.